The summed E-state index contributed by atoms with van der Waals surface area (Å²) >= 11 is 0. The number of allylic oxidation sites excluding steroid dienone is 1. The number of carbonyl (C=O) groups is 3. The number of nitrogens with one attached hydrogen (secondary N) is 1. The van der Waals surface area contributed by atoms with Crippen LogP contribution in [0.5, 0.6) is 0 Å². The number of hydroxylamine groups is 1. The molecule has 2 aromatic carbocycles. The van der Waals surface area contributed by atoms with Gasteiger partial charge in [-0.2, -0.15) is 0 Å². The number of carbonyl (C=O) groups excluding carboxylic acids is 3. The van der Waals surface area contributed by atoms with Crippen LogP contribution in [0.15, 0.2) is 60.7 Å². The van der Waals surface area contributed by atoms with E-state index in [1.807, 2.05) is 53.4 Å². The molecule has 0 unspecified atom stereocenters. The van der Waals surface area contributed by atoms with Crippen LogP contribution < -0.4 is 5.48 Å². The fourth-order valence-corrected chi connectivity index (χ4v) is 4.41. The molecule has 1 saturated heterocycles. The van der Waals surface area contributed by atoms with E-state index in [0.29, 0.717) is 5.56 Å². The number of ketones is 1. The van der Waals surface area contributed by atoms with E-state index in [-0.39, 0.29) is 23.8 Å². The molecule has 2 amide bonds. The average molecular weight is 462 g/mol. The summed E-state index contributed by atoms with van der Waals surface area (Å²) in [5.74, 6) is -0.553. The predicted octanol–water partition coefficient (Wildman–Crippen LogP) is 3.54. The van der Waals surface area contributed by atoms with Gasteiger partial charge in [0, 0.05) is 50.3 Å². The van der Waals surface area contributed by atoms with Gasteiger partial charge < -0.3 is 4.90 Å². The number of piperazine rings is 1. The molecule has 1 aliphatic heterocycles. The van der Waals surface area contributed by atoms with Gasteiger partial charge in [-0.1, -0.05) is 54.6 Å². The van der Waals surface area contributed by atoms with Crippen LogP contribution in [0.25, 0.3) is 12.2 Å². The maximum atomic E-state index is 12.6. The zero-order valence-corrected chi connectivity index (χ0v) is 19.8. The summed E-state index contributed by atoms with van der Waals surface area (Å²) < 4.78 is 0. The van der Waals surface area contributed by atoms with Gasteiger partial charge in [-0.15, -0.1) is 0 Å². The van der Waals surface area contributed by atoms with Crippen molar-refractivity contribution in [1.82, 2.24) is 15.3 Å². The molecule has 178 valence electrons. The van der Waals surface area contributed by atoms with Crippen molar-refractivity contribution in [1.29, 1.82) is 0 Å². The normalized spacial score (nSPS) is 19.0. The molecule has 1 aliphatic rings. The highest BCUT2D eigenvalue weighted by Gasteiger charge is 2.30. The Morgan fingerprint density at radius 3 is 1.94 bits per heavy atom. The maximum absolute atomic E-state index is 12.6. The Kier molecular flexibility index (Phi) is 8.51. The lowest BCUT2D eigenvalue weighted by Gasteiger charge is -2.44. The minimum absolute atomic E-state index is 0.0764. The molecule has 2 aromatic rings. The van der Waals surface area contributed by atoms with E-state index in [1.165, 1.54) is 11.6 Å². The van der Waals surface area contributed by atoms with E-state index in [0.717, 1.165) is 36.3 Å². The van der Waals surface area contributed by atoms with Crippen LogP contribution in [-0.2, 0) is 16.1 Å². The molecule has 34 heavy (non-hydrogen) atoms. The van der Waals surface area contributed by atoms with Crippen molar-refractivity contribution in [3.05, 3.63) is 82.9 Å². The van der Waals surface area contributed by atoms with Crippen LogP contribution in [0.4, 0.5) is 0 Å². The van der Waals surface area contributed by atoms with Crippen LogP contribution in [0, 0.1) is 0 Å². The summed E-state index contributed by atoms with van der Waals surface area (Å²) in [6, 6.07) is 15.3. The standard InChI is InChI=1S/C27H31N3O4/c1-19-16-29(17-20(2)30(19)21(3)31)18-24-8-12-25(13-9-24)26(32)14-10-22-4-6-23(7-5-22)11-15-27(33)28-34/h4-15,19-20,34H,16-18H2,1-3H3,(H,28,33)/t19-,20+. The molecule has 2 N–H and O–H groups in total. The van der Waals surface area contributed by atoms with Gasteiger partial charge in [-0.3, -0.25) is 24.5 Å². The first-order valence-electron chi connectivity index (χ1n) is 11.3. The van der Waals surface area contributed by atoms with Crippen LogP contribution >= 0.6 is 0 Å². The van der Waals surface area contributed by atoms with Gasteiger partial charge in [-0.05, 0) is 42.7 Å². The first-order valence-corrected chi connectivity index (χ1v) is 11.3. The summed E-state index contributed by atoms with van der Waals surface area (Å²) in [6.45, 7) is 8.23. The lowest BCUT2D eigenvalue weighted by molar-refractivity contribution is -0.136. The lowest BCUT2D eigenvalue weighted by atomic mass is 10.0. The Morgan fingerprint density at radius 1 is 0.912 bits per heavy atom. The second-order valence-electron chi connectivity index (χ2n) is 8.69. The van der Waals surface area contributed by atoms with Gasteiger partial charge in [0.2, 0.25) is 5.91 Å². The first-order chi connectivity index (χ1) is 16.3. The van der Waals surface area contributed by atoms with Crippen LogP contribution in [0.2, 0.25) is 0 Å². The molecule has 2 atom stereocenters. The Labute approximate surface area is 200 Å². The Morgan fingerprint density at radius 2 is 1.44 bits per heavy atom. The van der Waals surface area contributed by atoms with Gasteiger partial charge in [0.1, 0.15) is 0 Å². The smallest absolute Gasteiger partial charge is 0.267 e. The van der Waals surface area contributed by atoms with E-state index >= 15 is 0 Å². The molecule has 0 spiro atoms. The number of hydrogen-bond acceptors (Lipinski definition) is 5. The zero-order chi connectivity index (χ0) is 24.7. The third kappa shape index (κ3) is 6.73. The van der Waals surface area contributed by atoms with Crippen molar-refractivity contribution < 1.29 is 19.6 Å². The fraction of sp³-hybridized carbons (Fsp3) is 0.296. The molecule has 0 radical (unpaired) electrons. The minimum atomic E-state index is -0.597. The van der Waals surface area contributed by atoms with Crippen LogP contribution in [0.3, 0.4) is 0 Å². The Bertz CT molecular complexity index is 1060. The summed E-state index contributed by atoms with van der Waals surface area (Å²) in [5.41, 5.74) is 4.96. The lowest BCUT2D eigenvalue weighted by Crippen LogP contribution is -2.57. The summed E-state index contributed by atoms with van der Waals surface area (Å²) in [4.78, 5) is 39.7. The van der Waals surface area contributed by atoms with Crippen molar-refractivity contribution in [2.45, 2.75) is 39.4 Å². The van der Waals surface area contributed by atoms with E-state index in [9.17, 15) is 14.4 Å². The SMILES string of the molecule is CC(=O)N1[C@H](C)CN(Cc2ccc(C(=O)C=Cc3ccc(C=CC(=O)NO)cc3)cc2)C[C@@H]1C. The molecular weight excluding hydrogens is 430 g/mol. The molecule has 0 bridgehead atoms. The van der Waals surface area contributed by atoms with Crippen molar-refractivity contribution in [3.63, 3.8) is 0 Å². The predicted molar refractivity (Wildman–Crippen MR) is 132 cm³/mol. The number of nitrogens with zero attached hydrogens (tertiary/aromatic N) is 2. The van der Waals surface area contributed by atoms with Crippen molar-refractivity contribution in [2.75, 3.05) is 13.1 Å². The van der Waals surface area contributed by atoms with E-state index in [2.05, 4.69) is 18.7 Å². The largest absolute Gasteiger partial charge is 0.335 e. The molecular formula is C27H31N3O4. The monoisotopic (exact) mass is 461 g/mol. The van der Waals surface area contributed by atoms with Gasteiger partial charge in [0.05, 0.1) is 0 Å². The third-order valence-electron chi connectivity index (χ3n) is 5.90. The molecule has 0 aromatic heterocycles. The van der Waals surface area contributed by atoms with E-state index in [1.54, 1.807) is 25.2 Å². The zero-order valence-electron chi connectivity index (χ0n) is 19.8. The van der Waals surface area contributed by atoms with Crippen LogP contribution in [0.1, 0.15) is 47.8 Å². The summed E-state index contributed by atoms with van der Waals surface area (Å²) in [5, 5.41) is 8.50. The topological polar surface area (TPSA) is 90.0 Å². The summed E-state index contributed by atoms with van der Waals surface area (Å²) in [6.07, 6.45) is 6.10. The second-order valence-corrected chi connectivity index (χ2v) is 8.69. The molecule has 0 aliphatic carbocycles. The van der Waals surface area contributed by atoms with Crippen molar-refractivity contribution in [2.24, 2.45) is 0 Å². The van der Waals surface area contributed by atoms with E-state index in [4.69, 9.17) is 5.21 Å². The van der Waals surface area contributed by atoms with Gasteiger partial charge in [0.15, 0.2) is 5.78 Å². The number of rotatable bonds is 7. The van der Waals surface area contributed by atoms with Crippen molar-refractivity contribution >= 4 is 29.7 Å². The molecule has 0 saturated carbocycles. The highest BCUT2D eigenvalue weighted by atomic mass is 16.5. The summed E-state index contributed by atoms with van der Waals surface area (Å²) in [7, 11) is 0. The Hall–Kier alpha value is -3.55. The third-order valence-corrected chi connectivity index (χ3v) is 5.90. The van der Waals surface area contributed by atoms with Gasteiger partial charge in [-0.25, -0.2) is 5.48 Å². The van der Waals surface area contributed by atoms with E-state index < -0.39 is 5.91 Å². The maximum Gasteiger partial charge on any atom is 0.267 e. The average Bonchev–Trinajstić information content (AvgIpc) is 2.81. The van der Waals surface area contributed by atoms with Crippen LogP contribution in [-0.4, -0.2) is 57.8 Å². The molecule has 7 heteroatoms. The quantitative estimate of drug-likeness (QED) is 0.285. The molecule has 1 heterocycles. The molecule has 3 rings (SSSR count). The first kappa shape index (κ1) is 25.1. The van der Waals surface area contributed by atoms with Crippen molar-refractivity contribution in [3.8, 4) is 0 Å². The highest BCUT2D eigenvalue weighted by Crippen LogP contribution is 2.19. The number of hydrogen-bond donors (Lipinski definition) is 2. The molecule has 1 fully saturated rings. The second kappa shape index (κ2) is 11.5. The molecule has 7 nitrogen and oxygen atoms in total. The minimum Gasteiger partial charge on any atom is -0.335 e. The highest BCUT2D eigenvalue weighted by molar-refractivity contribution is 6.06. The number of amides is 2. The van der Waals surface area contributed by atoms with Gasteiger partial charge in [0.25, 0.3) is 5.91 Å². The fourth-order valence-electron chi connectivity index (χ4n) is 4.41. The Balaban J connectivity index is 1.56. The number of benzene rings is 2. The van der Waals surface area contributed by atoms with Gasteiger partial charge >= 0.3 is 0 Å².